The molecule has 0 aliphatic heterocycles. The highest BCUT2D eigenvalue weighted by molar-refractivity contribution is 7.89. The van der Waals surface area contributed by atoms with Gasteiger partial charge in [0, 0.05) is 28.6 Å². The minimum atomic E-state index is -3.75. The normalized spacial score (nSPS) is 11.7. The summed E-state index contributed by atoms with van der Waals surface area (Å²) < 4.78 is 22.8. The fraction of sp³-hybridized carbons (Fsp3) is 0.182. The van der Waals surface area contributed by atoms with Crippen molar-refractivity contribution < 1.29 is 13.2 Å². The van der Waals surface area contributed by atoms with Gasteiger partial charge in [0.15, 0.2) is 0 Å². The summed E-state index contributed by atoms with van der Waals surface area (Å²) in [5.74, 6) is 0.443. The molecule has 1 aromatic heterocycles. The van der Waals surface area contributed by atoms with Crippen molar-refractivity contribution in [2.75, 3.05) is 17.2 Å². The third kappa shape index (κ3) is 7.80. The molecule has 2 amide bonds. The molecule has 0 atom stereocenters. The number of benzene rings is 2. The molecule has 12 heteroatoms. The number of nitrogens with one attached hydrogen (secondary N) is 3. The molecule has 3 rings (SSSR count). The second-order valence-electron chi connectivity index (χ2n) is 7.35. The molecular weight excluding hydrogens is 478 g/mol. The number of aliphatic imine (C=N–C) groups is 1. The number of sulfonamides is 1. The quantitative estimate of drug-likeness (QED) is 0.300. The molecule has 5 N–H and O–H groups in total. The summed E-state index contributed by atoms with van der Waals surface area (Å²) >= 11 is 5.88. The highest BCUT2D eigenvalue weighted by atomic mass is 35.5. The van der Waals surface area contributed by atoms with Crippen LogP contribution < -0.4 is 21.1 Å². The first-order valence-corrected chi connectivity index (χ1v) is 12.1. The van der Waals surface area contributed by atoms with Crippen LogP contribution >= 0.6 is 11.6 Å². The lowest BCUT2D eigenvalue weighted by Gasteiger charge is -2.12. The Morgan fingerprint density at radius 2 is 1.62 bits per heavy atom. The second-order valence-corrected chi connectivity index (χ2v) is 9.35. The lowest BCUT2D eigenvalue weighted by Crippen LogP contribution is -2.39. The lowest BCUT2D eigenvalue weighted by molar-refractivity contribution is 0.256. The van der Waals surface area contributed by atoms with Gasteiger partial charge in [0.25, 0.3) is 0 Å². The van der Waals surface area contributed by atoms with E-state index < -0.39 is 16.1 Å². The van der Waals surface area contributed by atoms with Crippen LogP contribution in [0.5, 0.6) is 0 Å². The Labute approximate surface area is 202 Å². The first kappa shape index (κ1) is 25.1. The Kier molecular flexibility index (Phi) is 8.16. The van der Waals surface area contributed by atoms with E-state index in [1.807, 2.05) is 19.9 Å². The Balaban J connectivity index is 1.72. The summed E-state index contributed by atoms with van der Waals surface area (Å²) in [6.45, 7) is 3.97. The summed E-state index contributed by atoms with van der Waals surface area (Å²) in [6.07, 6.45) is 0.490. The van der Waals surface area contributed by atoms with Gasteiger partial charge in [-0.3, -0.25) is 15.6 Å². The predicted octanol–water partition coefficient (Wildman–Crippen LogP) is 3.23. The highest BCUT2D eigenvalue weighted by Gasteiger charge is 2.10. The number of aromatic nitrogens is 2. The van der Waals surface area contributed by atoms with Crippen molar-refractivity contribution in [1.29, 1.82) is 0 Å². The van der Waals surface area contributed by atoms with Gasteiger partial charge in [-0.15, -0.1) is 0 Å². The number of nitrogens with zero attached hydrogens (tertiary/aromatic N) is 3. The molecule has 2 aromatic carbocycles. The van der Waals surface area contributed by atoms with Crippen molar-refractivity contribution in [1.82, 2.24) is 15.3 Å². The number of hydrogen-bond donors (Lipinski definition) is 4. The van der Waals surface area contributed by atoms with Gasteiger partial charge in [-0.2, -0.15) is 0 Å². The van der Waals surface area contributed by atoms with E-state index in [0.29, 0.717) is 29.6 Å². The van der Waals surface area contributed by atoms with Gasteiger partial charge < -0.3 is 5.32 Å². The number of primary sulfonamides is 1. The van der Waals surface area contributed by atoms with Crippen molar-refractivity contribution in [2.45, 2.75) is 25.2 Å². The first-order valence-electron chi connectivity index (χ1n) is 10.2. The van der Waals surface area contributed by atoms with Crippen molar-refractivity contribution >= 4 is 45.3 Å². The molecule has 1 heterocycles. The van der Waals surface area contributed by atoms with E-state index in [1.54, 1.807) is 36.4 Å². The summed E-state index contributed by atoms with van der Waals surface area (Å²) in [4.78, 5) is 25.6. The average molecular weight is 502 g/mol. The van der Waals surface area contributed by atoms with E-state index >= 15 is 0 Å². The number of urea groups is 1. The van der Waals surface area contributed by atoms with Crippen LogP contribution in [0.25, 0.3) is 0 Å². The van der Waals surface area contributed by atoms with E-state index in [4.69, 9.17) is 16.7 Å². The van der Waals surface area contributed by atoms with Crippen molar-refractivity contribution in [3.63, 3.8) is 0 Å². The van der Waals surface area contributed by atoms with Crippen LogP contribution in [0.1, 0.15) is 17.0 Å². The number of anilines is 2. The SMILES string of the molecule is Cc1cc(C)nc(NC(=NCCc2ccc(S(N)(=O)=O)cc2)NC(=O)Nc2ccc(Cl)cc2)n1. The Morgan fingerprint density at radius 3 is 2.21 bits per heavy atom. The number of rotatable bonds is 6. The maximum atomic E-state index is 12.5. The molecule has 0 aliphatic carbocycles. The molecule has 0 fully saturated rings. The van der Waals surface area contributed by atoms with Gasteiger partial charge in [-0.25, -0.2) is 28.3 Å². The van der Waals surface area contributed by atoms with Crippen molar-refractivity contribution in [2.24, 2.45) is 10.1 Å². The number of halogens is 1. The molecule has 0 radical (unpaired) electrons. The largest absolute Gasteiger partial charge is 0.326 e. The fourth-order valence-corrected chi connectivity index (χ4v) is 3.59. The molecular formula is C22H24ClN7O3S. The zero-order chi connectivity index (χ0) is 24.7. The molecule has 0 bridgehead atoms. The van der Waals surface area contributed by atoms with Gasteiger partial charge in [-0.1, -0.05) is 23.7 Å². The number of nitrogens with two attached hydrogens (primary N) is 1. The highest BCUT2D eigenvalue weighted by Crippen LogP contribution is 2.13. The van der Waals surface area contributed by atoms with Crippen LogP contribution in [0.15, 0.2) is 64.5 Å². The standard InChI is InChI=1S/C22H24ClN7O3S/c1-14-13-15(2)27-21(26-14)29-20(30-22(31)28-18-7-5-17(23)6-8-18)25-12-11-16-3-9-19(10-4-16)34(24,32)33/h3-10,13H,11-12H2,1-2H3,(H2,24,32,33)(H3,25,26,27,28,29,30,31). The minimum absolute atomic E-state index is 0.0367. The molecule has 0 saturated carbocycles. The smallest absolute Gasteiger partial charge is 0.308 e. The van der Waals surface area contributed by atoms with Crippen LogP contribution in [0, 0.1) is 13.8 Å². The summed E-state index contributed by atoms with van der Waals surface area (Å²) in [6, 6.07) is 14.2. The molecule has 0 unspecified atom stereocenters. The van der Waals surface area contributed by atoms with Crippen molar-refractivity contribution in [3.8, 4) is 0 Å². The molecule has 3 aromatic rings. The number of amides is 2. The fourth-order valence-electron chi connectivity index (χ4n) is 2.94. The molecule has 0 aliphatic rings. The summed E-state index contributed by atoms with van der Waals surface area (Å²) in [5.41, 5.74) is 2.92. The zero-order valence-corrected chi connectivity index (χ0v) is 20.1. The van der Waals surface area contributed by atoms with Crippen LogP contribution in [0.4, 0.5) is 16.4 Å². The Morgan fingerprint density at radius 1 is 1.00 bits per heavy atom. The maximum Gasteiger partial charge on any atom is 0.326 e. The number of carbonyl (C=O) groups excluding carboxylic acids is 1. The van der Waals surface area contributed by atoms with E-state index in [-0.39, 0.29) is 10.9 Å². The number of carbonyl (C=O) groups is 1. The zero-order valence-electron chi connectivity index (χ0n) is 18.5. The van der Waals surface area contributed by atoms with Crippen LogP contribution in [0.3, 0.4) is 0 Å². The van der Waals surface area contributed by atoms with Gasteiger partial charge in [0.2, 0.25) is 21.9 Å². The molecule has 34 heavy (non-hydrogen) atoms. The monoisotopic (exact) mass is 501 g/mol. The third-order valence-corrected chi connectivity index (χ3v) is 5.65. The Bertz CT molecular complexity index is 1270. The average Bonchev–Trinajstić information content (AvgIpc) is 2.74. The Hall–Kier alpha value is -3.54. The number of hydrogen-bond acceptors (Lipinski definition) is 6. The van der Waals surface area contributed by atoms with E-state index in [1.165, 1.54) is 12.1 Å². The summed E-state index contributed by atoms with van der Waals surface area (Å²) in [7, 11) is -3.75. The minimum Gasteiger partial charge on any atom is -0.308 e. The van der Waals surface area contributed by atoms with Gasteiger partial charge in [0.05, 0.1) is 4.90 Å². The van der Waals surface area contributed by atoms with Crippen molar-refractivity contribution in [3.05, 3.63) is 76.6 Å². The third-order valence-electron chi connectivity index (χ3n) is 4.47. The molecule has 178 valence electrons. The van der Waals surface area contributed by atoms with Crippen LogP contribution in [-0.2, 0) is 16.4 Å². The van der Waals surface area contributed by atoms with E-state index in [2.05, 4.69) is 30.9 Å². The molecule has 0 spiro atoms. The second kappa shape index (κ2) is 11.1. The topological polar surface area (TPSA) is 151 Å². The number of guanidine groups is 1. The molecule has 10 nitrogen and oxygen atoms in total. The van der Waals surface area contributed by atoms with Gasteiger partial charge >= 0.3 is 6.03 Å². The van der Waals surface area contributed by atoms with Gasteiger partial charge in [0.1, 0.15) is 0 Å². The predicted molar refractivity (Wildman–Crippen MR) is 133 cm³/mol. The molecule has 0 saturated heterocycles. The first-order chi connectivity index (χ1) is 16.1. The number of aryl methyl sites for hydroxylation is 2. The maximum absolute atomic E-state index is 12.5. The van der Waals surface area contributed by atoms with Crippen LogP contribution in [-0.4, -0.2) is 36.9 Å². The lowest BCUT2D eigenvalue weighted by atomic mass is 10.1. The van der Waals surface area contributed by atoms with E-state index in [9.17, 15) is 13.2 Å². The van der Waals surface area contributed by atoms with Crippen LogP contribution in [0.2, 0.25) is 5.02 Å². The summed E-state index contributed by atoms with van der Waals surface area (Å²) in [5, 5.41) is 14.0. The van der Waals surface area contributed by atoms with Gasteiger partial charge in [-0.05, 0) is 68.3 Å². The van der Waals surface area contributed by atoms with E-state index in [0.717, 1.165) is 17.0 Å².